The molecule has 0 fully saturated rings. The summed E-state index contributed by atoms with van der Waals surface area (Å²) in [5, 5.41) is 5.85. The van der Waals surface area contributed by atoms with Gasteiger partial charge in [0.05, 0.1) is 6.54 Å². The summed E-state index contributed by atoms with van der Waals surface area (Å²) in [6.07, 6.45) is 5.78. The minimum Gasteiger partial charge on any atom is -0.379 e. The van der Waals surface area contributed by atoms with Gasteiger partial charge in [0.25, 0.3) is 0 Å². The number of nitrogens with one attached hydrogen (secondary N) is 1. The van der Waals surface area contributed by atoms with Gasteiger partial charge in [-0.25, -0.2) is 0 Å². The highest BCUT2D eigenvalue weighted by Gasteiger charge is 2.01. The van der Waals surface area contributed by atoms with Crippen molar-refractivity contribution in [2.24, 2.45) is 7.05 Å². The number of hydrogen-bond donors (Lipinski definition) is 1. The standard InChI is InChI=1S/C15H15N3/c1-18-9-3-5-13(18)11-17-15-6-2-4-12-10-16-8-7-14(12)15/h2-10,17H,11H2,1H3. The second-order valence-corrected chi connectivity index (χ2v) is 4.37. The Hall–Kier alpha value is -2.29. The van der Waals surface area contributed by atoms with Gasteiger partial charge < -0.3 is 9.88 Å². The van der Waals surface area contributed by atoms with Gasteiger partial charge >= 0.3 is 0 Å². The fraction of sp³-hybridized carbons (Fsp3) is 0.133. The van der Waals surface area contributed by atoms with E-state index in [0.717, 1.165) is 17.6 Å². The monoisotopic (exact) mass is 237 g/mol. The number of anilines is 1. The molecule has 2 aromatic heterocycles. The molecule has 18 heavy (non-hydrogen) atoms. The molecule has 3 rings (SSSR count). The van der Waals surface area contributed by atoms with Gasteiger partial charge in [-0.3, -0.25) is 4.98 Å². The molecule has 0 bridgehead atoms. The predicted octanol–water partition coefficient (Wildman–Crippen LogP) is 3.19. The summed E-state index contributed by atoms with van der Waals surface area (Å²) in [6.45, 7) is 0.824. The van der Waals surface area contributed by atoms with E-state index in [-0.39, 0.29) is 0 Å². The smallest absolute Gasteiger partial charge is 0.0553 e. The third-order valence-corrected chi connectivity index (χ3v) is 3.19. The maximum absolute atomic E-state index is 4.15. The van der Waals surface area contributed by atoms with Crippen LogP contribution < -0.4 is 5.32 Å². The van der Waals surface area contributed by atoms with Crippen LogP contribution in [0.4, 0.5) is 5.69 Å². The molecule has 0 saturated carbocycles. The Bertz CT molecular complexity index is 665. The SMILES string of the molecule is Cn1cccc1CNc1cccc2cnccc12. The molecule has 0 aliphatic carbocycles. The van der Waals surface area contributed by atoms with Crippen molar-refractivity contribution in [3.8, 4) is 0 Å². The van der Waals surface area contributed by atoms with Gasteiger partial charge in [-0.1, -0.05) is 12.1 Å². The van der Waals surface area contributed by atoms with E-state index < -0.39 is 0 Å². The number of nitrogens with zero attached hydrogens (tertiary/aromatic N) is 2. The Balaban J connectivity index is 1.89. The predicted molar refractivity (Wildman–Crippen MR) is 74.5 cm³/mol. The van der Waals surface area contributed by atoms with Crippen LogP contribution in [0.1, 0.15) is 5.69 Å². The fourth-order valence-electron chi connectivity index (χ4n) is 2.14. The van der Waals surface area contributed by atoms with E-state index in [1.807, 2.05) is 18.5 Å². The molecule has 0 aliphatic rings. The molecule has 2 heterocycles. The van der Waals surface area contributed by atoms with E-state index in [2.05, 4.69) is 58.4 Å². The molecule has 3 aromatic rings. The molecule has 3 heteroatoms. The molecule has 90 valence electrons. The van der Waals surface area contributed by atoms with E-state index in [9.17, 15) is 0 Å². The highest BCUT2D eigenvalue weighted by molar-refractivity contribution is 5.93. The average molecular weight is 237 g/mol. The minimum atomic E-state index is 0.824. The number of aromatic nitrogens is 2. The number of rotatable bonds is 3. The first-order valence-electron chi connectivity index (χ1n) is 6.01. The minimum absolute atomic E-state index is 0.824. The number of pyridine rings is 1. The van der Waals surface area contributed by atoms with E-state index >= 15 is 0 Å². The number of hydrogen-bond acceptors (Lipinski definition) is 2. The lowest BCUT2D eigenvalue weighted by molar-refractivity contribution is 0.843. The Morgan fingerprint density at radius 3 is 2.94 bits per heavy atom. The van der Waals surface area contributed by atoms with Gasteiger partial charge in [0.1, 0.15) is 0 Å². The zero-order chi connectivity index (χ0) is 12.4. The van der Waals surface area contributed by atoms with E-state index in [0.29, 0.717) is 0 Å². The first-order chi connectivity index (χ1) is 8.84. The molecule has 1 N–H and O–H groups in total. The lowest BCUT2D eigenvalue weighted by Crippen LogP contribution is -2.04. The van der Waals surface area contributed by atoms with Crippen molar-refractivity contribution in [1.29, 1.82) is 0 Å². The maximum Gasteiger partial charge on any atom is 0.0553 e. The molecule has 1 aromatic carbocycles. The molecule has 0 aliphatic heterocycles. The van der Waals surface area contributed by atoms with Crippen LogP contribution in [0, 0.1) is 0 Å². The van der Waals surface area contributed by atoms with Crippen LogP contribution in [0.2, 0.25) is 0 Å². The Kier molecular flexibility index (Phi) is 2.73. The van der Waals surface area contributed by atoms with E-state index in [1.165, 1.54) is 11.1 Å². The lowest BCUT2D eigenvalue weighted by atomic mass is 10.1. The number of fused-ring (bicyclic) bond motifs is 1. The summed E-state index contributed by atoms with van der Waals surface area (Å²) in [6, 6.07) is 12.5. The average Bonchev–Trinajstić information content (AvgIpc) is 2.82. The summed E-state index contributed by atoms with van der Waals surface area (Å²) < 4.78 is 2.12. The summed E-state index contributed by atoms with van der Waals surface area (Å²) in [4.78, 5) is 4.15. The van der Waals surface area contributed by atoms with Gasteiger partial charge in [0, 0.05) is 47.8 Å². The molecule has 3 nitrogen and oxygen atoms in total. The Morgan fingerprint density at radius 2 is 2.11 bits per heavy atom. The van der Waals surface area contributed by atoms with Crippen LogP contribution in [-0.2, 0) is 13.6 Å². The highest BCUT2D eigenvalue weighted by Crippen LogP contribution is 2.22. The Morgan fingerprint density at radius 1 is 1.17 bits per heavy atom. The van der Waals surface area contributed by atoms with E-state index in [4.69, 9.17) is 0 Å². The summed E-state index contributed by atoms with van der Waals surface area (Å²) >= 11 is 0. The van der Waals surface area contributed by atoms with Gasteiger partial charge in [-0.15, -0.1) is 0 Å². The van der Waals surface area contributed by atoms with Crippen molar-refractivity contribution in [3.63, 3.8) is 0 Å². The summed E-state index contributed by atoms with van der Waals surface area (Å²) in [7, 11) is 2.06. The zero-order valence-corrected chi connectivity index (χ0v) is 10.3. The molecule has 0 spiro atoms. The second-order valence-electron chi connectivity index (χ2n) is 4.37. The Labute approximate surface area is 106 Å². The van der Waals surface area contributed by atoms with Crippen molar-refractivity contribution in [2.75, 3.05) is 5.32 Å². The molecule has 0 saturated heterocycles. The lowest BCUT2D eigenvalue weighted by Gasteiger charge is -2.10. The third-order valence-electron chi connectivity index (χ3n) is 3.19. The topological polar surface area (TPSA) is 29.9 Å². The first kappa shape index (κ1) is 10.8. The van der Waals surface area contributed by atoms with Crippen molar-refractivity contribution in [2.45, 2.75) is 6.54 Å². The van der Waals surface area contributed by atoms with Crippen molar-refractivity contribution in [3.05, 3.63) is 60.7 Å². The third kappa shape index (κ3) is 1.95. The van der Waals surface area contributed by atoms with Gasteiger partial charge in [-0.2, -0.15) is 0 Å². The molecule has 0 radical (unpaired) electrons. The van der Waals surface area contributed by atoms with Crippen LogP contribution in [0.25, 0.3) is 10.8 Å². The van der Waals surface area contributed by atoms with Gasteiger partial charge in [-0.05, 0) is 24.3 Å². The molecule has 0 amide bonds. The van der Waals surface area contributed by atoms with Crippen LogP contribution in [0.5, 0.6) is 0 Å². The van der Waals surface area contributed by atoms with E-state index in [1.54, 1.807) is 0 Å². The van der Waals surface area contributed by atoms with Crippen LogP contribution in [-0.4, -0.2) is 9.55 Å². The first-order valence-corrected chi connectivity index (χ1v) is 6.01. The van der Waals surface area contributed by atoms with Crippen molar-refractivity contribution in [1.82, 2.24) is 9.55 Å². The molecular weight excluding hydrogens is 222 g/mol. The van der Waals surface area contributed by atoms with Gasteiger partial charge in [0.15, 0.2) is 0 Å². The second kappa shape index (κ2) is 4.53. The molecular formula is C15H15N3. The summed E-state index contributed by atoms with van der Waals surface area (Å²) in [5.41, 5.74) is 2.41. The maximum atomic E-state index is 4.15. The van der Waals surface area contributed by atoms with Crippen LogP contribution >= 0.6 is 0 Å². The largest absolute Gasteiger partial charge is 0.379 e. The van der Waals surface area contributed by atoms with Crippen LogP contribution in [0.15, 0.2) is 55.0 Å². The quantitative estimate of drug-likeness (QED) is 0.758. The number of aryl methyl sites for hydroxylation is 1. The number of benzene rings is 1. The molecule has 0 unspecified atom stereocenters. The van der Waals surface area contributed by atoms with Crippen LogP contribution in [0.3, 0.4) is 0 Å². The highest BCUT2D eigenvalue weighted by atomic mass is 15.0. The normalized spacial score (nSPS) is 10.7. The molecule has 0 atom stereocenters. The van der Waals surface area contributed by atoms with Gasteiger partial charge in [0.2, 0.25) is 0 Å². The van der Waals surface area contributed by atoms with Crippen molar-refractivity contribution < 1.29 is 0 Å². The zero-order valence-electron chi connectivity index (χ0n) is 10.3. The summed E-state index contributed by atoms with van der Waals surface area (Å²) in [5.74, 6) is 0. The van der Waals surface area contributed by atoms with Crippen molar-refractivity contribution >= 4 is 16.5 Å². The fourth-order valence-corrected chi connectivity index (χ4v) is 2.14.